The molecule has 8 nitrogen and oxygen atoms in total. The number of piperazine rings is 1. The molecule has 118 valence electrons. The van der Waals surface area contributed by atoms with Crippen molar-refractivity contribution in [3.05, 3.63) is 29.0 Å². The molecule has 0 spiro atoms. The van der Waals surface area contributed by atoms with Crippen LogP contribution in [0, 0.1) is 0 Å². The van der Waals surface area contributed by atoms with Crippen LogP contribution >= 0.6 is 11.6 Å². The Labute approximate surface area is 135 Å². The van der Waals surface area contributed by atoms with Gasteiger partial charge in [-0.1, -0.05) is 11.6 Å². The summed E-state index contributed by atoms with van der Waals surface area (Å²) in [7, 11) is 0. The summed E-state index contributed by atoms with van der Waals surface area (Å²) in [5, 5.41) is 17.1. The summed E-state index contributed by atoms with van der Waals surface area (Å²) in [4.78, 5) is 22.2. The Hall–Kier alpha value is -2.45. The second-order valence-electron chi connectivity index (χ2n) is 5.28. The van der Waals surface area contributed by atoms with Crippen molar-refractivity contribution >= 4 is 40.1 Å². The van der Waals surface area contributed by atoms with E-state index in [1.165, 1.54) is 4.52 Å². The van der Waals surface area contributed by atoms with Gasteiger partial charge in [-0.3, -0.25) is 0 Å². The number of rotatable bonds is 2. The van der Waals surface area contributed by atoms with Gasteiger partial charge in [0.1, 0.15) is 0 Å². The van der Waals surface area contributed by atoms with Crippen LogP contribution < -0.4 is 10.2 Å². The molecule has 1 fully saturated rings. The number of halogens is 1. The van der Waals surface area contributed by atoms with Crippen molar-refractivity contribution in [1.82, 2.24) is 24.9 Å². The Morgan fingerprint density at radius 2 is 2.04 bits per heavy atom. The molecule has 3 aromatic rings. The number of carboxylic acid groups (broad SMARTS) is 1. The van der Waals surface area contributed by atoms with Crippen molar-refractivity contribution in [2.24, 2.45) is 0 Å². The SMILES string of the molecule is O=C(O)c1nc2c(N3CCNCC3)nc3ccc(Cl)cc3n2n1. The number of hydrogen-bond acceptors (Lipinski definition) is 6. The summed E-state index contributed by atoms with van der Waals surface area (Å²) in [5.41, 5.74) is 1.75. The number of nitrogens with zero attached hydrogens (tertiary/aromatic N) is 5. The lowest BCUT2D eigenvalue weighted by molar-refractivity contribution is 0.0684. The molecular weight excluding hydrogens is 320 g/mol. The van der Waals surface area contributed by atoms with Crippen LogP contribution in [-0.4, -0.2) is 56.8 Å². The number of anilines is 1. The maximum Gasteiger partial charge on any atom is 0.375 e. The molecule has 0 radical (unpaired) electrons. The molecule has 1 aliphatic heterocycles. The van der Waals surface area contributed by atoms with E-state index in [0.717, 1.165) is 26.2 Å². The lowest BCUT2D eigenvalue weighted by atomic mass is 10.3. The van der Waals surface area contributed by atoms with Gasteiger partial charge in [-0.2, -0.15) is 4.98 Å². The van der Waals surface area contributed by atoms with Gasteiger partial charge in [0.2, 0.25) is 0 Å². The Morgan fingerprint density at radius 3 is 2.78 bits per heavy atom. The zero-order chi connectivity index (χ0) is 16.0. The van der Waals surface area contributed by atoms with E-state index in [-0.39, 0.29) is 5.82 Å². The summed E-state index contributed by atoms with van der Waals surface area (Å²) >= 11 is 6.05. The normalized spacial score (nSPS) is 15.4. The molecule has 2 aromatic heterocycles. The van der Waals surface area contributed by atoms with E-state index in [1.807, 2.05) is 0 Å². The molecule has 0 saturated carbocycles. The van der Waals surface area contributed by atoms with E-state index in [1.54, 1.807) is 18.2 Å². The number of carbonyl (C=O) groups is 1. The minimum atomic E-state index is -1.17. The summed E-state index contributed by atoms with van der Waals surface area (Å²) in [6, 6.07) is 5.25. The topological polar surface area (TPSA) is 95.6 Å². The van der Waals surface area contributed by atoms with Crippen LogP contribution in [-0.2, 0) is 0 Å². The zero-order valence-corrected chi connectivity index (χ0v) is 12.8. The Kier molecular flexibility index (Phi) is 3.28. The maximum atomic E-state index is 11.3. The van der Waals surface area contributed by atoms with Crippen LogP contribution in [0.1, 0.15) is 10.6 Å². The Bertz CT molecular complexity index is 918. The number of fused-ring (bicyclic) bond motifs is 3. The van der Waals surface area contributed by atoms with Crippen molar-refractivity contribution in [3.8, 4) is 0 Å². The van der Waals surface area contributed by atoms with E-state index in [2.05, 4.69) is 25.3 Å². The molecule has 0 atom stereocenters. The highest BCUT2D eigenvalue weighted by atomic mass is 35.5. The molecule has 0 unspecified atom stereocenters. The molecular formula is C14H13ClN6O2. The van der Waals surface area contributed by atoms with E-state index < -0.39 is 5.97 Å². The number of hydrogen-bond donors (Lipinski definition) is 2. The molecule has 0 bridgehead atoms. The fourth-order valence-corrected chi connectivity index (χ4v) is 2.90. The highest BCUT2D eigenvalue weighted by Crippen LogP contribution is 2.25. The fourth-order valence-electron chi connectivity index (χ4n) is 2.73. The third-order valence-electron chi connectivity index (χ3n) is 3.81. The van der Waals surface area contributed by atoms with Gasteiger partial charge in [-0.05, 0) is 18.2 Å². The zero-order valence-electron chi connectivity index (χ0n) is 12.0. The Morgan fingerprint density at radius 1 is 1.26 bits per heavy atom. The maximum absolute atomic E-state index is 11.3. The molecule has 23 heavy (non-hydrogen) atoms. The molecule has 0 amide bonds. The summed E-state index contributed by atoms with van der Waals surface area (Å²) in [6.45, 7) is 3.23. The first-order chi connectivity index (χ1) is 11.1. The summed E-state index contributed by atoms with van der Waals surface area (Å²) in [5.74, 6) is -0.785. The lowest BCUT2D eigenvalue weighted by Crippen LogP contribution is -2.44. The lowest BCUT2D eigenvalue weighted by Gasteiger charge is -2.28. The molecule has 1 saturated heterocycles. The van der Waals surface area contributed by atoms with Gasteiger partial charge >= 0.3 is 5.97 Å². The van der Waals surface area contributed by atoms with E-state index in [9.17, 15) is 9.90 Å². The standard InChI is InChI=1S/C14H13ClN6O2/c15-8-1-2-9-10(7-8)21-13(18-11(19-21)14(22)23)12(17-9)20-5-3-16-4-6-20/h1-2,7,16H,3-6H2,(H,22,23). The number of aromatic nitrogens is 4. The number of carboxylic acids is 1. The molecule has 9 heteroatoms. The average molecular weight is 333 g/mol. The van der Waals surface area contributed by atoms with Gasteiger partial charge in [0.05, 0.1) is 11.0 Å². The quantitative estimate of drug-likeness (QED) is 0.723. The van der Waals surface area contributed by atoms with Crippen molar-refractivity contribution < 1.29 is 9.90 Å². The largest absolute Gasteiger partial charge is 0.475 e. The van der Waals surface area contributed by atoms with Gasteiger partial charge in [-0.15, -0.1) is 5.10 Å². The predicted octanol–water partition coefficient (Wildman–Crippen LogP) is 1.04. The van der Waals surface area contributed by atoms with Crippen LogP contribution in [0.3, 0.4) is 0 Å². The van der Waals surface area contributed by atoms with Crippen molar-refractivity contribution in [2.75, 3.05) is 31.1 Å². The Balaban J connectivity index is 2.03. The molecule has 2 N–H and O–H groups in total. The van der Waals surface area contributed by atoms with E-state index in [0.29, 0.717) is 27.5 Å². The van der Waals surface area contributed by atoms with Crippen LogP contribution in [0.5, 0.6) is 0 Å². The second kappa shape index (κ2) is 5.32. The first kappa shape index (κ1) is 14.2. The van der Waals surface area contributed by atoms with E-state index in [4.69, 9.17) is 11.6 Å². The molecule has 1 aromatic carbocycles. The van der Waals surface area contributed by atoms with Crippen molar-refractivity contribution in [2.45, 2.75) is 0 Å². The number of benzene rings is 1. The van der Waals surface area contributed by atoms with Crippen LogP contribution in [0.25, 0.3) is 16.7 Å². The minimum absolute atomic E-state index is 0.254. The fraction of sp³-hybridized carbons (Fsp3) is 0.286. The summed E-state index contributed by atoms with van der Waals surface area (Å²) < 4.78 is 1.51. The number of nitrogens with one attached hydrogen (secondary N) is 1. The van der Waals surface area contributed by atoms with Crippen molar-refractivity contribution in [1.29, 1.82) is 0 Å². The second-order valence-corrected chi connectivity index (χ2v) is 5.72. The minimum Gasteiger partial charge on any atom is -0.475 e. The number of aromatic carboxylic acids is 1. The first-order valence-corrected chi connectivity index (χ1v) is 7.56. The van der Waals surface area contributed by atoms with Gasteiger partial charge in [0.25, 0.3) is 5.82 Å². The van der Waals surface area contributed by atoms with Crippen LogP contribution in [0.15, 0.2) is 18.2 Å². The average Bonchev–Trinajstić information content (AvgIpc) is 3.01. The molecule has 4 rings (SSSR count). The highest BCUT2D eigenvalue weighted by molar-refractivity contribution is 6.31. The first-order valence-electron chi connectivity index (χ1n) is 7.18. The van der Waals surface area contributed by atoms with Gasteiger partial charge in [0, 0.05) is 31.2 Å². The smallest absolute Gasteiger partial charge is 0.375 e. The van der Waals surface area contributed by atoms with Crippen LogP contribution in [0.4, 0.5) is 5.82 Å². The van der Waals surface area contributed by atoms with Gasteiger partial charge < -0.3 is 15.3 Å². The van der Waals surface area contributed by atoms with Gasteiger partial charge in [-0.25, -0.2) is 14.3 Å². The van der Waals surface area contributed by atoms with E-state index >= 15 is 0 Å². The highest BCUT2D eigenvalue weighted by Gasteiger charge is 2.22. The monoisotopic (exact) mass is 332 g/mol. The van der Waals surface area contributed by atoms with Gasteiger partial charge in [0.15, 0.2) is 11.5 Å². The molecule has 1 aliphatic rings. The summed E-state index contributed by atoms with van der Waals surface area (Å²) in [6.07, 6.45) is 0. The third kappa shape index (κ3) is 2.36. The molecule has 0 aliphatic carbocycles. The third-order valence-corrected chi connectivity index (χ3v) is 4.04. The van der Waals surface area contributed by atoms with Crippen molar-refractivity contribution in [3.63, 3.8) is 0 Å². The predicted molar refractivity (Wildman–Crippen MR) is 85.3 cm³/mol. The molecule has 3 heterocycles. The van der Waals surface area contributed by atoms with Crippen LogP contribution in [0.2, 0.25) is 5.02 Å².